The Morgan fingerprint density at radius 3 is 2.88 bits per heavy atom. The summed E-state index contributed by atoms with van der Waals surface area (Å²) < 4.78 is 2.01. The Balaban J connectivity index is 1.80. The molecular weight excluding hydrogens is 314 g/mol. The summed E-state index contributed by atoms with van der Waals surface area (Å²) in [5.41, 5.74) is 2.84. The lowest BCUT2D eigenvalue weighted by molar-refractivity contribution is 0.102. The van der Waals surface area contributed by atoms with Gasteiger partial charge in [-0.1, -0.05) is 18.2 Å². The summed E-state index contributed by atoms with van der Waals surface area (Å²) in [6, 6.07) is 14.5. The van der Waals surface area contributed by atoms with E-state index in [1.807, 2.05) is 22.8 Å². The van der Waals surface area contributed by atoms with Crippen LogP contribution in [-0.2, 0) is 6.42 Å². The van der Waals surface area contributed by atoms with Crippen molar-refractivity contribution < 1.29 is 4.79 Å². The lowest BCUT2D eigenvalue weighted by atomic mass is 10.1. The molecule has 0 saturated heterocycles. The fraction of sp³-hybridized carbons (Fsp3) is 0.150. The van der Waals surface area contributed by atoms with Gasteiger partial charge in [0, 0.05) is 23.3 Å². The van der Waals surface area contributed by atoms with Crippen molar-refractivity contribution in [2.24, 2.45) is 0 Å². The molecule has 1 aliphatic heterocycles. The predicted octanol–water partition coefficient (Wildman–Crippen LogP) is 3.24. The van der Waals surface area contributed by atoms with Gasteiger partial charge in [-0.25, -0.2) is 0 Å². The third-order valence-corrected chi connectivity index (χ3v) is 4.62. The number of rotatable bonds is 2. The van der Waals surface area contributed by atoms with Crippen molar-refractivity contribution in [3.63, 3.8) is 0 Å². The van der Waals surface area contributed by atoms with E-state index in [2.05, 4.69) is 12.2 Å². The largest absolute Gasteiger partial charge is 0.343 e. The molecule has 2 heterocycles. The van der Waals surface area contributed by atoms with Gasteiger partial charge in [-0.3, -0.25) is 9.59 Å². The van der Waals surface area contributed by atoms with Crippen LogP contribution in [0, 0.1) is 11.3 Å². The van der Waals surface area contributed by atoms with Gasteiger partial charge >= 0.3 is 0 Å². The number of amides is 1. The highest BCUT2D eigenvalue weighted by atomic mass is 16.2. The van der Waals surface area contributed by atoms with Crippen molar-refractivity contribution in [3.05, 3.63) is 75.6 Å². The zero-order valence-electron chi connectivity index (χ0n) is 13.6. The minimum absolute atomic E-state index is 0.112. The molecular formula is C20H15N3O2. The van der Waals surface area contributed by atoms with E-state index >= 15 is 0 Å². The Kier molecular flexibility index (Phi) is 3.40. The second kappa shape index (κ2) is 5.60. The summed E-state index contributed by atoms with van der Waals surface area (Å²) in [4.78, 5) is 25.5. The Bertz CT molecular complexity index is 1120. The third kappa shape index (κ3) is 2.39. The Morgan fingerprint density at radius 1 is 1.28 bits per heavy atom. The van der Waals surface area contributed by atoms with Crippen molar-refractivity contribution in [1.29, 1.82) is 5.26 Å². The first-order chi connectivity index (χ1) is 12.1. The number of nitrogens with one attached hydrogen (secondary N) is 1. The van der Waals surface area contributed by atoms with E-state index in [0.29, 0.717) is 16.6 Å². The number of nitriles is 1. The zero-order valence-corrected chi connectivity index (χ0v) is 13.6. The molecule has 0 aliphatic carbocycles. The lowest BCUT2D eigenvalue weighted by Crippen LogP contribution is -2.23. The number of hydrogen-bond acceptors (Lipinski definition) is 3. The first-order valence-electron chi connectivity index (χ1n) is 8.07. The minimum Gasteiger partial charge on any atom is -0.343 e. The summed E-state index contributed by atoms with van der Waals surface area (Å²) in [5.74, 6) is -0.463. The van der Waals surface area contributed by atoms with Crippen molar-refractivity contribution in [1.82, 2.24) is 4.57 Å². The number of hydrogen-bond donors (Lipinski definition) is 1. The highest BCUT2D eigenvalue weighted by molar-refractivity contribution is 6.06. The van der Waals surface area contributed by atoms with Crippen molar-refractivity contribution in [3.8, 4) is 6.07 Å². The van der Waals surface area contributed by atoms with Crippen LogP contribution in [0.1, 0.15) is 34.5 Å². The molecule has 0 radical (unpaired) electrons. The number of pyridine rings is 1. The van der Waals surface area contributed by atoms with E-state index in [4.69, 9.17) is 5.26 Å². The summed E-state index contributed by atoms with van der Waals surface area (Å²) >= 11 is 0. The molecule has 4 rings (SSSR count). The van der Waals surface area contributed by atoms with Gasteiger partial charge < -0.3 is 9.88 Å². The SMILES string of the molecule is CC1Cc2cccc3c(=O)c(C(=O)Nc4cccc(C#N)c4)cn1c23. The maximum absolute atomic E-state index is 12.8. The van der Waals surface area contributed by atoms with Gasteiger partial charge in [0.15, 0.2) is 0 Å². The predicted molar refractivity (Wildman–Crippen MR) is 95.7 cm³/mol. The van der Waals surface area contributed by atoms with Crippen molar-refractivity contribution in [2.75, 3.05) is 5.32 Å². The highest BCUT2D eigenvalue weighted by Gasteiger charge is 2.24. The molecule has 25 heavy (non-hydrogen) atoms. The van der Waals surface area contributed by atoms with Gasteiger partial charge in [-0.2, -0.15) is 5.26 Å². The molecule has 0 bridgehead atoms. The van der Waals surface area contributed by atoms with E-state index in [1.165, 1.54) is 0 Å². The molecule has 0 saturated carbocycles. The summed E-state index contributed by atoms with van der Waals surface area (Å²) in [5, 5.41) is 12.3. The van der Waals surface area contributed by atoms with Gasteiger partial charge in [-0.05, 0) is 43.2 Å². The van der Waals surface area contributed by atoms with Gasteiger partial charge in [0.05, 0.1) is 17.1 Å². The molecule has 1 amide bonds. The number of aromatic nitrogens is 1. The van der Waals surface area contributed by atoms with Crippen LogP contribution in [0.25, 0.3) is 10.9 Å². The van der Waals surface area contributed by atoms with Crippen LogP contribution in [-0.4, -0.2) is 10.5 Å². The van der Waals surface area contributed by atoms with Crippen LogP contribution < -0.4 is 10.7 Å². The van der Waals surface area contributed by atoms with Crippen molar-refractivity contribution in [2.45, 2.75) is 19.4 Å². The zero-order chi connectivity index (χ0) is 17.6. The van der Waals surface area contributed by atoms with Crippen LogP contribution in [0.4, 0.5) is 5.69 Å². The number of anilines is 1. The van der Waals surface area contributed by atoms with Crippen LogP contribution in [0.15, 0.2) is 53.5 Å². The fourth-order valence-electron chi connectivity index (χ4n) is 3.44. The topological polar surface area (TPSA) is 74.9 Å². The monoisotopic (exact) mass is 329 g/mol. The molecule has 2 aromatic carbocycles. The van der Waals surface area contributed by atoms with Crippen LogP contribution in [0.2, 0.25) is 0 Å². The fourth-order valence-corrected chi connectivity index (χ4v) is 3.44. The molecule has 5 nitrogen and oxygen atoms in total. The smallest absolute Gasteiger partial charge is 0.261 e. The first kappa shape index (κ1) is 15.2. The number of carbonyl (C=O) groups excluding carboxylic acids is 1. The Labute approximate surface area is 144 Å². The molecule has 0 spiro atoms. The van der Waals surface area contributed by atoms with Gasteiger partial charge in [0.2, 0.25) is 5.43 Å². The van der Waals surface area contributed by atoms with Crippen LogP contribution >= 0.6 is 0 Å². The second-order valence-corrected chi connectivity index (χ2v) is 6.29. The molecule has 1 aliphatic rings. The maximum atomic E-state index is 12.8. The molecule has 0 fully saturated rings. The summed E-state index contributed by atoms with van der Waals surface area (Å²) in [6.45, 7) is 2.07. The Hall–Kier alpha value is -3.39. The highest BCUT2D eigenvalue weighted by Crippen LogP contribution is 2.30. The molecule has 1 aromatic heterocycles. The second-order valence-electron chi connectivity index (χ2n) is 6.29. The van der Waals surface area contributed by atoms with Gasteiger partial charge in [0.25, 0.3) is 5.91 Å². The molecule has 1 atom stereocenters. The van der Waals surface area contributed by atoms with Gasteiger partial charge in [0.1, 0.15) is 5.56 Å². The average Bonchev–Trinajstić information content (AvgIpc) is 2.94. The number of carbonyl (C=O) groups is 1. The summed E-state index contributed by atoms with van der Waals surface area (Å²) in [6.07, 6.45) is 2.50. The van der Waals surface area contributed by atoms with Crippen LogP contribution in [0.3, 0.4) is 0 Å². The van der Waals surface area contributed by atoms with E-state index in [0.717, 1.165) is 17.5 Å². The quantitative estimate of drug-likeness (QED) is 0.784. The summed E-state index contributed by atoms with van der Waals surface area (Å²) in [7, 11) is 0. The van der Waals surface area contributed by atoms with Gasteiger partial charge in [-0.15, -0.1) is 0 Å². The third-order valence-electron chi connectivity index (χ3n) is 4.62. The van der Waals surface area contributed by atoms with E-state index in [9.17, 15) is 9.59 Å². The number of para-hydroxylation sites is 1. The maximum Gasteiger partial charge on any atom is 0.261 e. The lowest BCUT2D eigenvalue weighted by Gasteiger charge is -2.12. The van der Waals surface area contributed by atoms with E-state index < -0.39 is 5.91 Å². The molecule has 1 unspecified atom stereocenters. The molecule has 122 valence electrons. The van der Waals surface area contributed by atoms with E-state index in [-0.39, 0.29) is 17.0 Å². The number of benzene rings is 2. The molecule has 3 aromatic rings. The molecule has 5 heteroatoms. The van der Waals surface area contributed by atoms with Crippen molar-refractivity contribution >= 4 is 22.5 Å². The normalized spacial score (nSPS) is 15.1. The van der Waals surface area contributed by atoms with Crippen LogP contribution in [0.5, 0.6) is 0 Å². The first-order valence-corrected chi connectivity index (χ1v) is 8.07. The standard InChI is InChI=1S/C20H15N3O2/c1-12-8-14-5-3-7-16-18(14)23(12)11-17(19(16)24)20(25)22-15-6-2-4-13(9-15)10-21/h2-7,9,11-12H,8H2,1H3,(H,22,25). The Morgan fingerprint density at radius 2 is 2.08 bits per heavy atom. The molecule has 1 N–H and O–H groups in total. The number of nitrogens with zero attached hydrogens (tertiary/aromatic N) is 2. The minimum atomic E-state index is -0.463. The average molecular weight is 329 g/mol. The van der Waals surface area contributed by atoms with E-state index in [1.54, 1.807) is 36.5 Å².